The van der Waals surface area contributed by atoms with Crippen molar-refractivity contribution in [1.29, 1.82) is 0 Å². The summed E-state index contributed by atoms with van der Waals surface area (Å²) in [5.41, 5.74) is -1.40. The molecule has 0 saturated carbocycles. The fraction of sp³-hybridized carbons (Fsp3) is 0.667. The van der Waals surface area contributed by atoms with E-state index >= 15 is 0 Å². The van der Waals surface area contributed by atoms with Crippen LogP contribution < -0.4 is 5.32 Å². The first-order valence-corrected chi connectivity index (χ1v) is 7.19. The number of likely N-dealkylation sites (N-methyl/N-ethyl adjacent to an activating group) is 2. The lowest BCUT2D eigenvalue weighted by Gasteiger charge is -2.20. The van der Waals surface area contributed by atoms with Crippen molar-refractivity contribution in [3.8, 4) is 0 Å². The van der Waals surface area contributed by atoms with E-state index in [0.717, 1.165) is 9.80 Å². The van der Waals surface area contributed by atoms with E-state index in [1.807, 2.05) is 22.9 Å². The maximum atomic E-state index is 11.3. The summed E-state index contributed by atoms with van der Waals surface area (Å²) in [6.45, 7) is 6.81. The summed E-state index contributed by atoms with van der Waals surface area (Å²) in [5.74, 6) is -0.339. The van der Waals surface area contributed by atoms with Crippen molar-refractivity contribution in [2.75, 3.05) is 14.1 Å². The van der Waals surface area contributed by atoms with Crippen LogP contribution in [0.2, 0.25) is 0 Å². The normalized spacial score (nSPS) is 23.3. The summed E-state index contributed by atoms with van der Waals surface area (Å²) in [6.07, 6.45) is 0. The molecule has 21 heavy (non-hydrogen) atoms. The lowest BCUT2D eigenvalue weighted by Crippen LogP contribution is -2.39. The van der Waals surface area contributed by atoms with Gasteiger partial charge in [-0.3, -0.25) is 22.5 Å². The summed E-state index contributed by atoms with van der Waals surface area (Å²) in [5, 5.41) is 2.53. The molecule has 1 N–H and O–H groups in total. The lowest BCUT2D eigenvalue weighted by molar-refractivity contribution is -0.130. The monoisotopic (exact) mass is 410 g/mol. The van der Waals surface area contributed by atoms with Gasteiger partial charge in [-0.15, -0.1) is 0 Å². The Hall–Kier alpha value is -1.39. The van der Waals surface area contributed by atoms with E-state index in [0.29, 0.717) is 0 Å². The summed E-state index contributed by atoms with van der Waals surface area (Å²) in [4.78, 5) is 46.5. The Balaban J connectivity index is 0.000000211. The number of carbonyl (C=O) groups excluding carboxylic acids is 4. The molecule has 2 rings (SSSR count). The van der Waals surface area contributed by atoms with Gasteiger partial charge in [0.1, 0.15) is 11.1 Å². The van der Waals surface area contributed by atoms with Gasteiger partial charge in [0.15, 0.2) is 0 Å². The van der Waals surface area contributed by atoms with Crippen molar-refractivity contribution < 1.29 is 19.2 Å². The standard InChI is InChI=1S/C6H9IN2O2.C6H10N2O2/c1-6(2)4(10)8(3)5(11)9(6)7;1-6(2)4(9)8(3)5(10)7-6/h1-3H3;1-3H3,(H,7,10). The fourth-order valence-electron chi connectivity index (χ4n) is 1.87. The SMILES string of the molecule is CN1C(=O)N(I)C(C)(C)C1=O.CN1C(=O)NC(C)(C)C1=O. The molecule has 2 saturated heterocycles. The molecule has 0 atom stereocenters. The fourth-order valence-corrected chi connectivity index (χ4v) is 2.40. The van der Waals surface area contributed by atoms with Gasteiger partial charge >= 0.3 is 12.1 Å². The Labute approximate surface area is 137 Å². The second kappa shape index (κ2) is 5.43. The minimum Gasteiger partial charge on any atom is -0.324 e. The second-order valence-electron chi connectivity index (χ2n) is 5.91. The van der Waals surface area contributed by atoms with Crippen molar-refractivity contribution in [1.82, 2.24) is 18.2 Å². The van der Waals surface area contributed by atoms with Crippen LogP contribution in [0.3, 0.4) is 0 Å². The van der Waals surface area contributed by atoms with Crippen LogP contribution in [-0.2, 0) is 9.59 Å². The van der Waals surface area contributed by atoms with Crippen molar-refractivity contribution >= 4 is 46.7 Å². The van der Waals surface area contributed by atoms with Gasteiger partial charge < -0.3 is 5.32 Å². The number of nitrogens with zero attached hydrogens (tertiary/aromatic N) is 3. The van der Waals surface area contributed by atoms with Crippen molar-refractivity contribution in [2.45, 2.75) is 38.8 Å². The zero-order chi connectivity index (χ0) is 16.7. The van der Waals surface area contributed by atoms with Crippen molar-refractivity contribution in [2.24, 2.45) is 0 Å². The molecule has 8 nitrogen and oxygen atoms in total. The number of amides is 6. The average molecular weight is 410 g/mol. The zero-order valence-corrected chi connectivity index (χ0v) is 15.0. The number of nitrogens with one attached hydrogen (secondary N) is 1. The number of imide groups is 2. The Morgan fingerprint density at radius 2 is 1.38 bits per heavy atom. The first-order chi connectivity index (χ1) is 9.34. The molecule has 6 amide bonds. The van der Waals surface area contributed by atoms with E-state index in [1.54, 1.807) is 27.7 Å². The molecule has 0 aliphatic carbocycles. The van der Waals surface area contributed by atoms with E-state index in [1.165, 1.54) is 17.2 Å². The number of hydrogen-bond donors (Lipinski definition) is 1. The van der Waals surface area contributed by atoms with Gasteiger partial charge in [-0.25, -0.2) is 9.59 Å². The predicted molar refractivity (Wildman–Crippen MR) is 83.5 cm³/mol. The van der Waals surface area contributed by atoms with E-state index in [4.69, 9.17) is 0 Å². The van der Waals surface area contributed by atoms with Crippen molar-refractivity contribution in [3.05, 3.63) is 0 Å². The Morgan fingerprint density at radius 1 is 0.905 bits per heavy atom. The van der Waals surface area contributed by atoms with Gasteiger partial charge in [-0.05, 0) is 27.7 Å². The molecule has 0 aromatic heterocycles. The van der Waals surface area contributed by atoms with Crippen molar-refractivity contribution in [3.63, 3.8) is 0 Å². The van der Waals surface area contributed by atoms with Crippen LogP contribution >= 0.6 is 22.9 Å². The smallest absolute Gasteiger partial charge is 0.324 e. The minimum absolute atomic E-state index is 0.156. The van der Waals surface area contributed by atoms with Crippen LogP contribution in [0, 0.1) is 0 Å². The zero-order valence-electron chi connectivity index (χ0n) is 12.9. The van der Waals surface area contributed by atoms with Gasteiger partial charge in [0.2, 0.25) is 0 Å². The first-order valence-electron chi connectivity index (χ1n) is 6.22. The molecular formula is C12H19IN4O4. The molecule has 0 unspecified atom stereocenters. The summed E-state index contributed by atoms with van der Waals surface area (Å²) in [6, 6.07) is -0.574. The average Bonchev–Trinajstić information content (AvgIpc) is 2.64. The van der Waals surface area contributed by atoms with E-state index in [-0.39, 0.29) is 23.9 Å². The number of carbonyl (C=O) groups is 4. The predicted octanol–water partition coefficient (Wildman–Crippen LogP) is 0.956. The number of hydrogen-bond acceptors (Lipinski definition) is 4. The van der Waals surface area contributed by atoms with Gasteiger partial charge in [0, 0.05) is 14.1 Å². The van der Waals surface area contributed by atoms with Crippen LogP contribution in [0.5, 0.6) is 0 Å². The summed E-state index contributed by atoms with van der Waals surface area (Å²) < 4.78 is 1.41. The molecule has 0 bridgehead atoms. The van der Waals surface area contributed by atoms with Gasteiger partial charge in [0.05, 0.1) is 22.9 Å². The number of halogens is 1. The van der Waals surface area contributed by atoms with Crippen LogP contribution in [0.4, 0.5) is 9.59 Å². The van der Waals surface area contributed by atoms with Gasteiger partial charge in [0.25, 0.3) is 11.8 Å². The Kier molecular flexibility index (Phi) is 4.56. The van der Waals surface area contributed by atoms with Crippen LogP contribution in [0.1, 0.15) is 27.7 Å². The topological polar surface area (TPSA) is 90.0 Å². The summed E-state index contributed by atoms with van der Waals surface area (Å²) in [7, 11) is 2.96. The third kappa shape index (κ3) is 2.97. The van der Waals surface area contributed by atoms with E-state index < -0.39 is 11.1 Å². The maximum absolute atomic E-state index is 11.3. The quantitative estimate of drug-likeness (QED) is 0.366. The number of urea groups is 2. The van der Waals surface area contributed by atoms with Crippen LogP contribution in [-0.4, -0.2) is 62.0 Å². The lowest BCUT2D eigenvalue weighted by atomic mass is 10.1. The first kappa shape index (κ1) is 17.7. The molecule has 0 aromatic rings. The molecular weight excluding hydrogens is 391 g/mol. The molecule has 0 radical (unpaired) electrons. The highest BCUT2D eigenvalue weighted by Gasteiger charge is 2.48. The van der Waals surface area contributed by atoms with Crippen LogP contribution in [0.15, 0.2) is 0 Å². The molecule has 0 aromatic carbocycles. The van der Waals surface area contributed by atoms with Crippen LogP contribution in [0.25, 0.3) is 0 Å². The Morgan fingerprint density at radius 3 is 1.48 bits per heavy atom. The van der Waals surface area contributed by atoms with E-state index in [9.17, 15) is 19.2 Å². The number of rotatable bonds is 0. The second-order valence-corrected chi connectivity index (χ2v) is 6.87. The largest absolute Gasteiger partial charge is 0.336 e. The van der Waals surface area contributed by atoms with Gasteiger partial charge in [-0.1, -0.05) is 0 Å². The molecule has 2 heterocycles. The third-order valence-electron chi connectivity index (χ3n) is 3.34. The Bertz CT molecular complexity index is 517. The molecule has 9 heteroatoms. The minimum atomic E-state index is -0.716. The maximum Gasteiger partial charge on any atom is 0.336 e. The van der Waals surface area contributed by atoms with E-state index in [2.05, 4.69) is 5.32 Å². The highest BCUT2D eigenvalue weighted by molar-refractivity contribution is 14.1. The highest BCUT2D eigenvalue weighted by atomic mass is 127. The molecule has 0 spiro atoms. The highest BCUT2D eigenvalue weighted by Crippen LogP contribution is 2.29. The molecule has 2 aliphatic rings. The summed E-state index contributed by atoms with van der Waals surface area (Å²) >= 11 is 1.85. The molecule has 2 aliphatic heterocycles. The van der Waals surface area contributed by atoms with Gasteiger partial charge in [-0.2, -0.15) is 0 Å². The third-order valence-corrected chi connectivity index (χ3v) is 4.96. The molecule has 118 valence electrons. The molecule has 2 fully saturated rings.